The SMILES string of the molecule is CC1(C)CC2CCC1C2.CCC. The van der Waals surface area contributed by atoms with Crippen molar-refractivity contribution in [2.24, 2.45) is 17.3 Å². The van der Waals surface area contributed by atoms with E-state index in [9.17, 15) is 0 Å². The Morgan fingerprint density at radius 2 is 1.75 bits per heavy atom. The predicted molar refractivity (Wildman–Crippen MR) is 55.2 cm³/mol. The van der Waals surface area contributed by atoms with Gasteiger partial charge in [0, 0.05) is 0 Å². The Bertz CT molecular complexity index is 135. The molecule has 2 saturated carbocycles. The molecule has 0 amide bonds. The van der Waals surface area contributed by atoms with Crippen LogP contribution in [0.3, 0.4) is 0 Å². The van der Waals surface area contributed by atoms with E-state index in [2.05, 4.69) is 27.7 Å². The number of rotatable bonds is 0. The molecule has 72 valence electrons. The second-order valence-electron chi connectivity index (χ2n) is 5.28. The van der Waals surface area contributed by atoms with E-state index in [0.29, 0.717) is 5.41 Å². The summed E-state index contributed by atoms with van der Waals surface area (Å²) in [6.07, 6.45) is 7.37. The monoisotopic (exact) mass is 168 g/mol. The molecule has 0 saturated heterocycles. The highest BCUT2D eigenvalue weighted by Crippen LogP contribution is 2.55. The van der Waals surface area contributed by atoms with Gasteiger partial charge in [-0.2, -0.15) is 0 Å². The van der Waals surface area contributed by atoms with Crippen molar-refractivity contribution >= 4 is 0 Å². The zero-order valence-corrected chi connectivity index (χ0v) is 9.19. The van der Waals surface area contributed by atoms with Crippen molar-refractivity contribution in [3.63, 3.8) is 0 Å². The van der Waals surface area contributed by atoms with Gasteiger partial charge in [0.25, 0.3) is 0 Å². The van der Waals surface area contributed by atoms with Crippen LogP contribution in [0.15, 0.2) is 0 Å². The van der Waals surface area contributed by atoms with Gasteiger partial charge in [-0.05, 0) is 36.5 Å². The fourth-order valence-electron chi connectivity index (χ4n) is 2.88. The summed E-state index contributed by atoms with van der Waals surface area (Å²) in [7, 11) is 0. The lowest BCUT2D eigenvalue weighted by molar-refractivity contribution is 0.217. The Morgan fingerprint density at radius 3 is 1.92 bits per heavy atom. The lowest BCUT2D eigenvalue weighted by Crippen LogP contribution is -2.19. The normalized spacial score (nSPS) is 36.0. The van der Waals surface area contributed by atoms with E-state index in [1.54, 1.807) is 6.42 Å². The van der Waals surface area contributed by atoms with E-state index < -0.39 is 0 Å². The van der Waals surface area contributed by atoms with Gasteiger partial charge in [-0.3, -0.25) is 0 Å². The molecule has 12 heavy (non-hydrogen) atoms. The molecule has 2 aliphatic rings. The van der Waals surface area contributed by atoms with E-state index >= 15 is 0 Å². The van der Waals surface area contributed by atoms with Crippen LogP contribution in [0.2, 0.25) is 0 Å². The molecule has 0 aliphatic heterocycles. The van der Waals surface area contributed by atoms with Gasteiger partial charge in [-0.1, -0.05) is 40.5 Å². The quantitative estimate of drug-likeness (QED) is 0.507. The van der Waals surface area contributed by atoms with Gasteiger partial charge in [-0.25, -0.2) is 0 Å². The highest BCUT2D eigenvalue weighted by molar-refractivity contribution is 4.95. The van der Waals surface area contributed by atoms with Gasteiger partial charge in [0.1, 0.15) is 0 Å². The van der Waals surface area contributed by atoms with Crippen LogP contribution in [-0.2, 0) is 0 Å². The molecule has 0 spiro atoms. The van der Waals surface area contributed by atoms with Gasteiger partial charge in [0.15, 0.2) is 0 Å². The van der Waals surface area contributed by atoms with Crippen molar-refractivity contribution in [1.29, 1.82) is 0 Å². The molecule has 2 bridgehead atoms. The smallest absolute Gasteiger partial charge is 0.0323 e. The first kappa shape index (κ1) is 10.1. The minimum atomic E-state index is 0.711. The van der Waals surface area contributed by atoms with E-state index in [-0.39, 0.29) is 0 Å². The van der Waals surface area contributed by atoms with Gasteiger partial charge < -0.3 is 0 Å². The summed E-state index contributed by atoms with van der Waals surface area (Å²) in [6.45, 7) is 9.13. The molecule has 2 fully saturated rings. The molecule has 0 aromatic carbocycles. The van der Waals surface area contributed by atoms with Crippen LogP contribution >= 0.6 is 0 Å². The lowest BCUT2D eigenvalue weighted by Gasteiger charge is -2.29. The third-order valence-electron chi connectivity index (χ3n) is 3.46. The topological polar surface area (TPSA) is 0 Å². The molecule has 0 radical (unpaired) electrons. The first-order valence-corrected chi connectivity index (χ1v) is 5.60. The average molecular weight is 168 g/mol. The molecule has 2 atom stereocenters. The average Bonchev–Trinajstić information content (AvgIpc) is 2.45. The predicted octanol–water partition coefficient (Wildman–Crippen LogP) is 4.25. The van der Waals surface area contributed by atoms with Gasteiger partial charge in [-0.15, -0.1) is 0 Å². The van der Waals surface area contributed by atoms with Crippen LogP contribution in [0.25, 0.3) is 0 Å². The van der Waals surface area contributed by atoms with Gasteiger partial charge in [0.2, 0.25) is 0 Å². The maximum absolute atomic E-state index is 2.44. The zero-order chi connectivity index (χ0) is 9.19. The molecule has 2 unspecified atom stereocenters. The fraction of sp³-hybridized carbons (Fsp3) is 1.00. The summed E-state index contributed by atoms with van der Waals surface area (Å²) in [4.78, 5) is 0. The highest BCUT2D eigenvalue weighted by Gasteiger charge is 2.44. The Balaban J connectivity index is 0.000000213. The molecule has 2 aliphatic carbocycles. The molecule has 2 rings (SSSR count). The zero-order valence-electron chi connectivity index (χ0n) is 9.19. The largest absolute Gasteiger partial charge is 0.0656 e. The molecule has 0 heterocycles. The third kappa shape index (κ3) is 2.02. The van der Waals surface area contributed by atoms with Crippen molar-refractivity contribution in [1.82, 2.24) is 0 Å². The van der Waals surface area contributed by atoms with Crippen molar-refractivity contribution < 1.29 is 0 Å². The summed E-state index contributed by atoms with van der Waals surface area (Å²) < 4.78 is 0. The van der Waals surface area contributed by atoms with Crippen LogP contribution in [0.1, 0.15) is 59.8 Å². The highest BCUT2D eigenvalue weighted by atomic mass is 14.5. The maximum Gasteiger partial charge on any atom is -0.0323 e. The Kier molecular flexibility index (Phi) is 3.20. The van der Waals surface area contributed by atoms with Crippen LogP contribution in [0.5, 0.6) is 0 Å². The molecular weight excluding hydrogens is 144 g/mol. The Labute approximate surface area is 77.7 Å². The summed E-state index contributed by atoms with van der Waals surface area (Å²) >= 11 is 0. The van der Waals surface area contributed by atoms with Gasteiger partial charge >= 0.3 is 0 Å². The van der Waals surface area contributed by atoms with Crippen molar-refractivity contribution in [3.05, 3.63) is 0 Å². The van der Waals surface area contributed by atoms with Crippen LogP contribution in [0.4, 0.5) is 0 Å². The minimum absolute atomic E-state index is 0.711. The molecule has 0 heteroatoms. The van der Waals surface area contributed by atoms with Crippen LogP contribution < -0.4 is 0 Å². The maximum atomic E-state index is 2.44. The van der Waals surface area contributed by atoms with Crippen LogP contribution in [0, 0.1) is 17.3 Å². The van der Waals surface area contributed by atoms with E-state index in [4.69, 9.17) is 0 Å². The van der Waals surface area contributed by atoms with Crippen LogP contribution in [-0.4, -0.2) is 0 Å². The second-order valence-corrected chi connectivity index (χ2v) is 5.28. The number of hydrogen-bond donors (Lipinski definition) is 0. The van der Waals surface area contributed by atoms with E-state index in [1.165, 1.54) is 25.7 Å². The fourth-order valence-corrected chi connectivity index (χ4v) is 2.88. The van der Waals surface area contributed by atoms with E-state index in [1.807, 2.05) is 0 Å². The Morgan fingerprint density at radius 1 is 1.17 bits per heavy atom. The number of hydrogen-bond acceptors (Lipinski definition) is 0. The molecule has 0 nitrogen and oxygen atoms in total. The second kappa shape index (κ2) is 3.81. The van der Waals surface area contributed by atoms with Crippen molar-refractivity contribution in [3.8, 4) is 0 Å². The lowest BCUT2D eigenvalue weighted by atomic mass is 9.77. The van der Waals surface area contributed by atoms with Gasteiger partial charge in [0.05, 0.1) is 0 Å². The minimum Gasteiger partial charge on any atom is -0.0656 e. The summed E-state index contributed by atoms with van der Waals surface area (Å²) in [5.41, 5.74) is 0.711. The molecule has 0 N–H and O–H groups in total. The number of fused-ring (bicyclic) bond motifs is 2. The Hall–Kier alpha value is 0. The molecule has 0 aromatic rings. The van der Waals surface area contributed by atoms with Crippen molar-refractivity contribution in [2.45, 2.75) is 59.8 Å². The van der Waals surface area contributed by atoms with E-state index in [0.717, 1.165) is 11.8 Å². The summed E-state index contributed by atoms with van der Waals surface area (Å²) in [5, 5.41) is 0. The standard InChI is InChI=1S/C9H16.C3H8/c1-9(2)6-7-3-4-8(9)5-7;1-3-2/h7-8H,3-6H2,1-2H3;3H2,1-2H3. The summed E-state index contributed by atoms with van der Waals surface area (Å²) in [5.74, 6) is 2.20. The third-order valence-corrected chi connectivity index (χ3v) is 3.46. The summed E-state index contributed by atoms with van der Waals surface area (Å²) in [6, 6.07) is 0. The first-order chi connectivity index (χ1) is 5.60. The first-order valence-electron chi connectivity index (χ1n) is 5.60. The van der Waals surface area contributed by atoms with Crippen molar-refractivity contribution in [2.75, 3.05) is 0 Å². The molecular formula is C12H24. The molecule has 0 aromatic heterocycles.